The first-order chi connectivity index (χ1) is 32.7. The number of fused-ring (bicyclic) bond motifs is 5. The molecule has 1 heterocycles. The summed E-state index contributed by atoms with van der Waals surface area (Å²) >= 11 is 1.86. The first-order valence-electron chi connectivity index (χ1n) is 22.8. The predicted molar refractivity (Wildman–Crippen MR) is 275 cm³/mol. The second-order valence-electron chi connectivity index (χ2n) is 17.3. The molecule has 2 N–H and O–H groups in total. The molecule has 0 saturated heterocycles. The molecule has 1 aliphatic carbocycles. The number of nitrogens with one attached hydrogen (secondary N) is 2. The molecule has 0 bridgehead atoms. The van der Waals surface area contributed by atoms with Crippen LogP contribution in [0.2, 0.25) is 0 Å². The molecule has 0 atom stereocenters. The van der Waals surface area contributed by atoms with Crippen molar-refractivity contribution in [3.63, 3.8) is 0 Å². The van der Waals surface area contributed by atoms with Gasteiger partial charge in [0.15, 0.2) is 0 Å². The van der Waals surface area contributed by atoms with Crippen molar-refractivity contribution in [1.29, 1.82) is 0 Å². The molecular formula is C63H46N2S. The smallest absolute Gasteiger partial charge is 0.0724 e. The van der Waals surface area contributed by atoms with E-state index < -0.39 is 10.8 Å². The first-order valence-corrected chi connectivity index (χ1v) is 23.6. The van der Waals surface area contributed by atoms with Crippen LogP contribution in [0.4, 0.5) is 17.1 Å². The maximum Gasteiger partial charge on any atom is 0.0724 e. The van der Waals surface area contributed by atoms with E-state index >= 15 is 0 Å². The van der Waals surface area contributed by atoms with Gasteiger partial charge in [0.05, 0.1) is 10.8 Å². The van der Waals surface area contributed by atoms with Crippen molar-refractivity contribution >= 4 is 28.8 Å². The molecule has 10 aromatic carbocycles. The first kappa shape index (κ1) is 39.7. The summed E-state index contributed by atoms with van der Waals surface area (Å²) < 4.78 is 0. The predicted octanol–water partition coefficient (Wildman–Crippen LogP) is 15.9. The summed E-state index contributed by atoms with van der Waals surface area (Å²) in [5.74, 6) is 0. The molecule has 10 aromatic rings. The molecule has 2 aliphatic rings. The molecule has 0 amide bonds. The molecule has 0 fully saturated rings. The highest BCUT2D eigenvalue weighted by atomic mass is 32.2. The van der Waals surface area contributed by atoms with E-state index in [-0.39, 0.29) is 0 Å². The van der Waals surface area contributed by atoms with Gasteiger partial charge in [0.25, 0.3) is 0 Å². The van der Waals surface area contributed by atoms with Gasteiger partial charge in [-0.25, -0.2) is 0 Å². The van der Waals surface area contributed by atoms with Gasteiger partial charge in [-0.2, -0.15) is 0 Å². The topological polar surface area (TPSA) is 24.1 Å². The number of benzene rings is 10. The van der Waals surface area contributed by atoms with Gasteiger partial charge in [0, 0.05) is 33.4 Å². The highest BCUT2D eigenvalue weighted by Gasteiger charge is 2.46. The number of rotatable bonds is 10. The quantitative estimate of drug-likeness (QED) is 0.143. The van der Waals surface area contributed by atoms with Gasteiger partial charge in [0.1, 0.15) is 0 Å². The van der Waals surface area contributed by atoms with Crippen LogP contribution in [0.5, 0.6) is 0 Å². The van der Waals surface area contributed by atoms with Gasteiger partial charge in [-0.1, -0.05) is 224 Å². The zero-order chi connectivity index (χ0) is 43.9. The summed E-state index contributed by atoms with van der Waals surface area (Å²) in [5.41, 5.74) is 18.5. The Morgan fingerprint density at radius 2 is 0.848 bits per heavy atom. The van der Waals surface area contributed by atoms with E-state index in [0.29, 0.717) is 6.54 Å². The fourth-order valence-corrected chi connectivity index (χ4v) is 12.0. The minimum atomic E-state index is -0.496. The average molecular weight is 863 g/mol. The minimum absolute atomic E-state index is 0.484. The minimum Gasteiger partial charge on any atom is -0.381 e. The molecule has 66 heavy (non-hydrogen) atoms. The van der Waals surface area contributed by atoms with Crippen molar-refractivity contribution < 1.29 is 0 Å². The Balaban J connectivity index is 0.949. The molecule has 2 nitrogen and oxygen atoms in total. The maximum atomic E-state index is 3.97. The largest absolute Gasteiger partial charge is 0.381 e. The fourth-order valence-electron chi connectivity index (χ4n) is 10.9. The summed E-state index contributed by atoms with van der Waals surface area (Å²) in [4.78, 5) is 2.55. The lowest BCUT2D eigenvalue weighted by Crippen LogP contribution is -2.34. The SMILES string of the molecule is c1ccc(-c2ccc(CNc3ccc4c(c3)C(c3ccccc3)(c3ccccc3)c3ccccc3S4)c(Nc3cccc(C4(c5ccccc5)c5ccccc5-c5ccccc54)c3)c2)cc1. The van der Waals surface area contributed by atoms with Crippen LogP contribution in [0.15, 0.2) is 265 Å². The molecule has 0 unspecified atom stereocenters. The molecule has 12 rings (SSSR count). The summed E-state index contributed by atoms with van der Waals surface area (Å²) in [7, 11) is 0. The summed E-state index contributed by atoms with van der Waals surface area (Å²) in [6.45, 7) is 0.623. The average Bonchev–Trinajstić information content (AvgIpc) is 3.70. The van der Waals surface area contributed by atoms with E-state index in [9.17, 15) is 0 Å². The lowest BCUT2D eigenvalue weighted by atomic mass is 9.65. The third kappa shape index (κ3) is 6.50. The summed E-state index contributed by atoms with van der Waals surface area (Å²) in [5, 5.41) is 7.89. The van der Waals surface area contributed by atoms with E-state index in [1.165, 1.54) is 76.6 Å². The zero-order valence-corrected chi connectivity index (χ0v) is 37.2. The molecule has 314 valence electrons. The van der Waals surface area contributed by atoms with E-state index in [1.807, 2.05) is 11.8 Å². The van der Waals surface area contributed by atoms with Crippen molar-refractivity contribution in [1.82, 2.24) is 0 Å². The van der Waals surface area contributed by atoms with Crippen molar-refractivity contribution in [2.75, 3.05) is 10.6 Å². The van der Waals surface area contributed by atoms with Crippen LogP contribution in [0.3, 0.4) is 0 Å². The van der Waals surface area contributed by atoms with Crippen molar-refractivity contribution in [2.24, 2.45) is 0 Å². The van der Waals surface area contributed by atoms with E-state index in [0.717, 1.165) is 22.6 Å². The van der Waals surface area contributed by atoms with E-state index in [4.69, 9.17) is 0 Å². The number of anilines is 3. The maximum absolute atomic E-state index is 3.97. The van der Waals surface area contributed by atoms with Crippen LogP contribution in [-0.4, -0.2) is 0 Å². The fraction of sp³-hybridized carbons (Fsp3) is 0.0476. The molecule has 0 saturated carbocycles. The van der Waals surface area contributed by atoms with Gasteiger partial charge in [-0.3, -0.25) is 0 Å². The molecule has 0 spiro atoms. The Morgan fingerprint density at radius 1 is 0.333 bits per heavy atom. The van der Waals surface area contributed by atoms with Gasteiger partial charge in [-0.15, -0.1) is 0 Å². The van der Waals surface area contributed by atoms with Crippen molar-refractivity contribution in [2.45, 2.75) is 27.2 Å². The molecule has 0 aromatic heterocycles. The lowest BCUT2D eigenvalue weighted by molar-refractivity contribution is 0.703. The second kappa shape index (κ2) is 16.6. The molecule has 1 aliphatic heterocycles. The summed E-state index contributed by atoms with van der Waals surface area (Å²) in [6.07, 6.45) is 0. The highest BCUT2D eigenvalue weighted by Crippen LogP contribution is 2.58. The number of hydrogen-bond acceptors (Lipinski definition) is 3. The van der Waals surface area contributed by atoms with Gasteiger partial charge in [0.2, 0.25) is 0 Å². The van der Waals surface area contributed by atoms with E-state index in [2.05, 4.69) is 265 Å². The second-order valence-corrected chi connectivity index (χ2v) is 18.4. The Morgan fingerprint density at radius 3 is 1.48 bits per heavy atom. The molecule has 3 heteroatoms. The third-order valence-corrected chi connectivity index (χ3v) is 14.9. The normalized spacial score (nSPS) is 13.7. The summed E-state index contributed by atoms with van der Waals surface area (Å²) in [6, 6.07) is 93.4. The van der Waals surface area contributed by atoms with E-state index in [1.54, 1.807) is 0 Å². The Hall–Kier alpha value is -7.85. The molecule has 0 radical (unpaired) electrons. The highest BCUT2D eigenvalue weighted by molar-refractivity contribution is 7.99. The van der Waals surface area contributed by atoms with Gasteiger partial charge < -0.3 is 10.6 Å². The van der Waals surface area contributed by atoms with Crippen LogP contribution in [0, 0.1) is 0 Å². The Labute approximate surface area is 391 Å². The van der Waals surface area contributed by atoms with Gasteiger partial charge >= 0.3 is 0 Å². The van der Waals surface area contributed by atoms with Crippen LogP contribution >= 0.6 is 11.8 Å². The van der Waals surface area contributed by atoms with Gasteiger partial charge in [-0.05, 0) is 115 Å². The number of hydrogen-bond donors (Lipinski definition) is 2. The zero-order valence-electron chi connectivity index (χ0n) is 36.4. The third-order valence-electron chi connectivity index (χ3n) is 13.7. The van der Waals surface area contributed by atoms with Crippen LogP contribution in [0.1, 0.15) is 50.1 Å². The van der Waals surface area contributed by atoms with Crippen LogP contribution in [0.25, 0.3) is 22.3 Å². The molecular weight excluding hydrogens is 817 g/mol. The van der Waals surface area contributed by atoms with Crippen LogP contribution < -0.4 is 10.6 Å². The standard InChI is InChI=1S/C63H46N2S/c1-5-20-44(21-6-1)45-36-37-46(43-64-51-38-39-61-58(42-51)62(47-22-7-2-8-23-47,48-24-9-3-10-25-48)57-34-17-18-35-60(57)66-61)59(40-45)65-52-29-19-28-50(41-52)63(49-26-11-4-12-27-49)55-32-15-13-30-53(55)54-31-14-16-33-56(54)63/h1-42,64-65H,43H2. The van der Waals surface area contributed by atoms with Crippen molar-refractivity contribution in [3.8, 4) is 22.3 Å². The lowest BCUT2D eigenvalue weighted by Gasteiger charge is -2.42. The van der Waals surface area contributed by atoms with Crippen molar-refractivity contribution in [3.05, 3.63) is 305 Å². The van der Waals surface area contributed by atoms with Crippen LogP contribution in [-0.2, 0) is 17.4 Å². The monoisotopic (exact) mass is 862 g/mol. The Bertz CT molecular complexity index is 3280. The Kier molecular flexibility index (Phi) is 10.00.